The second-order valence-corrected chi connectivity index (χ2v) is 3.45. The average molecular weight is 190 g/mol. The molecule has 0 amide bonds. The minimum Gasteiger partial charge on any atom is -0.324 e. The van der Waals surface area contributed by atoms with Crippen LogP contribution in [-0.4, -0.2) is 14.6 Å². The Bertz CT molecular complexity index is 444. The molecule has 74 valence electrons. The minimum absolute atomic E-state index is 0.0477. The summed E-state index contributed by atoms with van der Waals surface area (Å²) in [5.74, 6) is 0.975. The quantitative estimate of drug-likeness (QED) is 0.776. The number of hydrogen-bond acceptors (Lipinski definition) is 3. The van der Waals surface area contributed by atoms with E-state index in [1.54, 1.807) is 0 Å². The first kappa shape index (κ1) is 9.15. The summed E-state index contributed by atoms with van der Waals surface area (Å²) in [6, 6.07) is 3.99. The van der Waals surface area contributed by atoms with Crippen molar-refractivity contribution in [3.05, 3.63) is 29.7 Å². The van der Waals surface area contributed by atoms with Crippen molar-refractivity contribution < 1.29 is 0 Å². The van der Waals surface area contributed by atoms with Gasteiger partial charge in [0.1, 0.15) is 5.82 Å². The monoisotopic (exact) mass is 190 g/mol. The highest BCUT2D eigenvalue weighted by atomic mass is 15.2. The minimum atomic E-state index is 0.0477. The fourth-order valence-electron chi connectivity index (χ4n) is 1.47. The topological polar surface area (TPSA) is 56.2 Å². The predicted molar refractivity (Wildman–Crippen MR) is 55.0 cm³/mol. The lowest BCUT2D eigenvalue weighted by atomic mass is 10.1. The highest BCUT2D eigenvalue weighted by Gasteiger charge is 2.05. The number of fused-ring (bicyclic) bond motifs is 1. The molecule has 2 rings (SSSR count). The first-order valence-corrected chi connectivity index (χ1v) is 4.81. The molecule has 0 aromatic carbocycles. The van der Waals surface area contributed by atoms with Crippen LogP contribution in [0.15, 0.2) is 18.3 Å². The smallest absolute Gasteiger partial charge is 0.160 e. The van der Waals surface area contributed by atoms with Crippen molar-refractivity contribution in [2.75, 3.05) is 0 Å². The van der Waals surface area contributed by atoms with Gasteiger partial charge in [0.15, 0.2) is 5.65 Å². The van der Waals surface area contributed by atoms with Crippen LogP contribution in [0.3, 0.4) is 0 Å². The van der Waals surface area contributed by atoms with Crippen molar-refractivity contribution in [1.29, 1.82) is 0 Å². The molecule has 0 saturated heterocycles. The fourth-order valence-corrected chi connectivity index (χ4v) is 1.47. The molecule has 14 heavy (non-hydrogen) atoms. The molecule has 0 fully saturated rings. The predicted octanol–water partition coefficient (Wildman–Crippen LogP) is 1.31. The van der Waals surface area contributed by atoms with E-state index in [0.717, 1.165) is 23.5 Å². The van der Waals surface area contributed by atoms with E-state index < -0.39 is 0 Å². The summed E-state index contributed by atoms with van der Waals surface area (Å²) in [6.07, 6.45) is 2.89. The third-order valence-electron chi connectivity index (χ3n) is 2.34. The van der Waals surface area contributed by atoms with Crippen molar-refractivity contribution in [3.63, 3.8) is 0 Å². The molecule has 4 heteroatoms. The van der Waals surface area contributed by atoms with Crippen LogP contribution < -0.4 is 5.73 Å². The zero-order valence-corrected chi connectivity index (χ0v) is 8.44. The molecule has 0 aliphatic rings. The summed E-state index contributed by atoms with van der Waals surface area (Å²) in [6.45, 7) is 4.03. The van der Waals surface area contributed by atoms with E-state index >= 15 is 0 Å². The maximum absolute atomic E-state index is 5.81. The fraction of sp³-hybridized carbons (Fsp3) is 0.400. The molecule has 1 unspecified atom stereocenters. The van der Waals surface area contributed by atoms with Gasteiger partial charge >= 0.3 is 0 Å². The highest BCUT2D eigenvalue weighted by molar-refractivity contribution is 5.40. The van der Waals surface area contributed by atoms with Crippen LogP contribution in [-0.2, 0) is 6.42 Å². The van der Waals surface area contributed by atoms with Gasteiger partial charge < -0.3 is 5.73 Å². The Morgan fingerprint density at radius 2 is 2.21 bits per heavy atom. The highest BCUT2D eigenvalue weighted by Crippen LogP contribution is 2.12. The zero-order valence-electron chi connectivity index (χ0n) is 8.44. The first-order chi connectivity index (χ1) is 6.72. The van der Waals surface area contributed by atoms with Crippen molar-refractivity contribution in [2.45, 2.75) is 26.3 Å². The Kier molecular flexibility index (Phi) is 2.21. The Hall–Kier alpha value is -1.42. The molecule has 0 spiro atoms. The van der Waals surface area contributed by atoms with Crippen LogP contribution >= 0.6 is 0 Å². The molecule has 0 aliphatic carbocycles. The van der Waals surface area contributed by atoms with Crippen LogP contribution in [0.2, 0.25) is 0 Å². The van der Waals surface area contributed by atoms with Crippen LogP contribution in [0.25, 0.3) is 5.65 Å². The molecular weight excluding hydrogens is 176 g/mol. The summed E-state index contributed by atoms with van der Waals surface area (Å²) in [5, 5.41) is 8.15. The lowest BCUT2D eigenvalue weighted by molar-refractivity contribution is 0.802. The van der Waals surface area contributed by atoms with Crippen molar-refractivity contribution in [1.82, 2.24) is 14.6 Å². The molecule has 0 bridgehead atoms. The third kappa shape index (κ3) is 1.37. The van der Waals surface area contributed by atoms with Gasteiger partial charge in [0.05, 0.1) is 0 Å². The lowest BCUT2D eigenvalue weighted by Crippen LogP contribution is -2.06. The summed E-state index contributed by atoms with van der Waals surface area (Å²) < 4.78 is 2.00. The third-order valence-corrected chi connectivity index (χ3v) is 2.34. The average Bonchev–Trinajstić information content (AvgIpc) is 2.59. The first-order valence-electron chi connectivity index (χ1n) is 4.81. The number of nitrogens with zero attached hydrogens (tertiary/aromatic N) is 3. The van der Waals surface area contributed by atoms with Gasteiger partial charge in [-0.1, -0.05) is 13.0 Å². The molecule has 2 aromatic heterocycles. The van der Waals surface area contributed by atoms with E-state index in [-0.39, 0.29) is 6.04 Å². The standard InChI is InChI=1S/C10H14N4/c1-3-9-12-13-10-5-4-8(7(2)11)6-14(9)10/h4-7H,3,11H2,1-2H3. The number of nitrogens with two attached hydrogens (primary N) is 1. The van der Waals surface area contributed by atoms with Gasteiger partial charge in [-0.2, -0.15) is 0 Å². The Morgan fingerprint density at radius 3 is 2.86 bits per heavy atom. The van der Waals surface area contributed by atoms with Gasteiger partial charge in [-0.3, -0.25) is 4.40 Å². The second kappa shape index (κ2) is 3.38. The van der Waals surface area contributed by atoms with Crippen molar-refractivity contribution in [2.24, 2.45) is 5.73 Å². The number of aromatic nitrogens is 3. The van der Waals surface area contributed by atoms with Gasteiger partial charge in [0.25, 0.3) is 0 Å². The largest absolute Gasteiger partial charge is 0.324 e. The van der Waals surface area contributed by atoms with Gasteiger partial charge in [-0.25, -0.2) is 0 Å². The normalized spacial score (nSPS) is 13.4. The van der Waals surface area contributed by atoms with Crippen LogP contribution in [0.5, 0.6) is 0 Å². The van der Waals surface area contributed by atoms with E-state index in [0.29, 0.717) is 0 Å². The maximum Gasteiger partial charge on any atom is 0.160 e. The van der Waals surface area contributed by atoms with Gasteiger partial charge in [-0.05, 0) is 18.6 Å². The molecule has 0 aliphatic heterocycles. The van der Waals surface area contributed by atoms with E-state index in [1.165, 1.54) is 0 Å². The second-order valence-electron chi connectivity index (χ2n) is 3.45. The molecule has 2 heterocycles. The molecule has 2 aromatic rings. The van der Waals surface area contributed by atoms with Crippen LogP contribution in [0.4, 0.5) is 0 Å². The molecule has 4 nitrogen and oxygen atoms in total. The van der Waals surface area contributed by atoms with Crippen LogP contribution in [0, 0.1) is 0 Å². The number of aryl methyl sites for hydroxylation is 1. The summed E-state index contributed by atoms with van der Waals surface area (Å²) >= 11 is 0. The number of rotatable bonds is 2. The molecule has 1 atom stereocenters. The van der Waals surface area contributed by atoms with Gasteiger partial charge in [0.2, 0.25) is 0 Å². The van der Waals surface area contributed by atoms with Gasteiger partial charge in [-0.15, -0.1) is 10.2 Å². The number of pyridine rings is 1. The summed E-state index contributed by atoms with van der Waals surface area (Å²) in [7, 11) is 0. The Labute approximate surface area is 82.8 Å². The SMILES string of the molecule is CCc1nnc2ccc(C(C)N)cn12. The van der Waals surface area contributed by atoms with E-state index in [9.17, 15) is 0 Å². The zero-order chi connectivity index (χ0) is 10.1. The van der Waals surface area contributed by atoms with Crippen LogP contribution in [0.1, 0.15) is 31.3 Å². The Balaban J connectivity index is 2.61. The van der Waals surface area contributed by atoms with E-state index in [1.807, 2.05) is 29.7 Å². The molecule has 0 saturated carbocycles. The molecule has 0 radical (unpaired) electrons. The molecule has 2 N–H and O–H groups in total. The van der Waals surface area contributed by atoms with Crippen molar-refractivity contribution >= 4 is 5.65 Å². The van der Waals surface area contributed by atoms with Crippen molar-refractivity contribution in [3.8, 4) is 0 Å². The molecular formula is C10H14N4. The van der Waals surface area contributed by atoms with Gasteiger partial charge in [0, 0.05) is 18.7 Å². The Morgan fingerprint density at radius 1 is 1.43 bits per heavy atom. The van der Waals surface area contributed by atoms with E-state index in [4.69, 9.17) is 5.73 Å². The summed E-state index contributed by atoms with van der Waals surface area (Å²) in [5.41, 5.74) is 7.80. The summed E-state index contributed by atoms with van der Waals surface area (Å²) in [4.78, 5) is 0. The maximum atomic E-state index is 5.81. The van der Waals surface area contributed by atoms with E-state index in [2.05, 4.69) is 17.1 Å². The lowest BCUT2D eigenvalue weighted by Gasteiger charge is -2.05. The number of hydrogen-bond donors (Lipinski definition) is 1.